The topological polar surface area (TPSA) is 101 Å². The van der Waals surface area contributed by atoms with Crippen molar-refractivity contribution in [3.63, 3.8) is 0 Å². The lowest BCUT2D eigenvalue weighted by Crippen LogP contribution is -2.27. The Morgan fingerprint density at radius 2 is 1.95 bits per heavy atom. The lowest BCUT2D eigenvalue weighted by molar-refractivity contribution is -0.385. The molecule has 9 heteroatoms. The molecule has 0 amide bonds. The molecule has 0 atom stereocenters. The summed E-state index contributed by atoms with van der Waals surface area (Å²) in [6.45, 7) is 2.57. The van der Waals surface area contributed by atoms with Gasteiger partial charge >= 0.3 is 0 Å². The van der Waals surface area contributed by atoms with Gasteiger partial charge in [0.25, 0.3) is 5.69 Å². The van der Waals surface area contributed by atoms with E-state index in [1.807, 2.05) is 0 Å². The van der Waals surface area contributed by atoms with Crippen LogP contribution in [-0.4, -0.2) is 33.5 Å². The van der Waals surface area contributed by atoms with Gasteiger partial charge in [0.2, 0.25) is 10.0 Å². The van der Waals surface area contributed by atoms with E-state index in [1.165, 1.54) is 25.1 Å². The summed E-state index contributed by atoms with van der Waals surface area (Å²) in [5, 5.41) is 13.5. The fourth-order valence-electron chi connectivity index (χ4n) is 1.60. The first-order valence-corrected chi connectivity index (χ1v) is 7.26. The predicted molar refractivity (Wildman–Crippen MR) is 78.8 cm³/mol. The summed E-state index contributed by atoms with van der Waals surface area (Å²) in [6.07, 6.45) is 0.668. The van der Waals surface area contributed by atoms with E-state index < -0.39 is 14.9 Å². The zero-order valence-electron chi connectivity index (χ0n) is 11.3. The van der Waals surface area contributed by atoms with Crippen molar-refractivity contribution >= 4 is 28.1 Å². The van der Waals surface area contributed by atoms with Gasteiger partial charge in [-0.2, -0.15) is 0 Å². The van der Waals surface area contributed by atoms with E-state index in [9.17, 15) is 18.5 Å². The lowest BCUT2D eigenvalue weighted by Gasteiger charge is -2.09. The molecular weight excluding hydrogens is 306 g/mol. The zero-order valence-corrected chi connectivity index (χ0v) is 12.9. The Bertz CT molecular complexity index is 563. The fraction of sp³-hybridized carbons (Fsp3) is 0.455. The Balaban J connectivity index is 0.00000361. The van der Waals surface area contributed by atoms with Crippen LogP contribution in [0.25, 0.3) is 0 Å². The number of sulfonamides is 1. The molecule has 1 rings (SSSR count). The monoisotopic (exact) mass is 323 g/mol. The van der Waals surface area contributed by atoms with Gasteiger partial charge in [-0.05, 0) is 38.6 Å². The van der Waals surface area contributed by atoms with Crippen LogP contribution in [0.15, 0.2) is 23.1 Å². The highest BCUT2D eigenvalue weighted by atomic mass is 35.5. The van der Waals surface area contributed by atoms with Crippen LogP contribution in [0, 0.1) is 17.0 Å². The SMILES string of the molecule is CNCCCNS(=O)(=O)c1ccc([N+](=O)[O-])cc1C.Cl. The first-order valence-electron chi connectivity index (χ1n) is 5.78. The summed E-state index contributed by atoms with van der Waals surface area (Å²) < 4.78 is 26.5. The molecule has 1 aromatic rings. The molecule has 0 radical (unpaired) electrons. The quantitative estimate of drug-likeness (QED) is 0.446. The van der Waals surface area contributed by atoms with E-state index in [0.29, 0.717) is 25.1 Å². The van der Waals surface area contributed by atoms with Gasteiger partial charge in [-0.15, -0.1) is 12.4 Å². The van der Waals surface area contributed by atoms with Crippen molar-refractivity contribution in [2.45, 2.75) is 18.2 Å². The number of benzene rings is 1. The molecule has 0 fully saturated rings. The average Bonchev–Trinajstić information content (AvgIpc) is 2.34. The minimum absolute atomic E-state index is 0. The Morgan fingerprint density at radius 3 is 2.45 bits per heavy atom. The minimum Gasteiger partial charge on any atom is -0.320 e. The van der Waals surface area contributed by atoms with Gasteiger partial charge in [0.05, 0.1) is 9.82 Å². The van der Waals surface area contributed by atoms with E-state index in [2.05, 4.69) is 10.0 Å². The molecule has 1 aromatic carbocycles. The second kappa shape index (κ2) is 8.15. The molecule has 0 aliphatic rings. The maximum atomic E-state index is 12.0. The van der Waals surface area contributed by atoms with E-state index in [1.54, 1.807) is 7.05 Å². The van der Waals surface area contributed by atoms with Crippen LogP contribution >= 0.6 is 12.4 Å². The number of hydrogen-bond acceptors (Lipinski definition) is 5. The molecule has 7 nitrogen and oxygen atoms in total. The van der Waals surface area contributed by atoms with Gasteiger partial charge in [-0.25, -0.2) is 13.1 Å². The Morgan fingerprint density at radius 1 is 1.30 bits per heavy atom. The van der Waals surface area contributed by atoms with Gasteiger partial charge in [-0.3, -0.25) is 10.1 Å². The number of nitrogens with one attached hydrogen (secondary N) is 2. The van der Waals surface area contributed by atoms with Crippen LogP contribution in [0.2, 0.25) is 0 Å². The molecule has 0 bridgehead atoms. The van der Waals surface area contributed by atoms with Crippen molar-refractivity contribution < 1.29 is 13.3 Å². The van der Waals surface area contributed by atoms with Crippen molar-refractivity contribution in [3.8, 4) is 0 Å². The number of nitro benzene ring substituents is 1. The van der Waals surface area contributed by atoms with Crippen LogP contribution in [0.3, 0.4) is 0 Å². The molecule has 0 aliphatic heterocycles. The molecule has 0 aliphatic carbocycles. The molecule has 0 aromatic heterocycles. The maximum Gasteiger partial charge on any atom is 0.269 e. The van der Waals surface area contributed by atoms with Gasteiger partial charge in [0.1, 0.15) is 0 Å². The van der Waals surface area contributed by atoms with Gasteiger partial charge < -0.3 is 5.32 Å². The molecule has 2 N–H and O–H groups in total. The van der Waals surface area contributed by atoms with Crippen molar-refractivity contribution in [1.29, 1.82) is 0 Å². The summed E-state index contributed by atoms with van der Waals surface area (Å²) in [7, 11) is -1.83. The highest BCUT2D eigenvalue weighted by molar-refractivity contribution is 7.89. The third-order valence-electron chi connectivity index (χ3n) is 2.55. The molecule has 0 spiro atoms. The average molecular weight is 324 g/mol. The molecule has 0 saturated heterocycles. The lowest BCUT2D eigenvalue weighted by atomic mass is 10.2. The summed E-state index contributed by atoms with van der Waals surface area (Å²) in [6, 6.07) is 3.70. The van der Waals surface area contributed by atoms with Crippen LogP contribution in [0.4, 0.5) is 5.69 Å². The van der Waals surface area contributed by atoms with Crippen molar-refractivity contribution in [3.05, 3.63) is 33.9 Å². The van der Waals surface area contributed by atoms with Crippen molar-refractivity contribution in [2.24, 2.45) is 0 Å². The number of hydrogen-bond donors (Lipinski definition) is 2. The van der Waals surface area contributed by atoms with Gasteiger partial charge in [-0.1, -0.05) is 0 Å². The largest absolute Gasteiger partial charge is 0.320 e. The third kappa shape index (κ3) is 5.04. The number of rotatable bonds is 7. The van der Waals surface area contributed by atoms with E-state index in [4.69, 9.17) is 0 Å². The van der Waals surface area contributed by atoms with Gasteiger partial charge in [0.15, 0.2) is 0 Å². The van der Waals surface area contributed by atoms with E-state index in [0.717, 1.165) is 0 Å². The zero-order chi connectivity index (χ0) is 14.5. The maximum absolute atomic E-state index is 12.0. The number of nitro groups is 1. The third-order valence-corrected chi connectivity index (χ3v) is 4.18. The smallest absolute Gasteiger partial charge is 0.269 e. The first-order chi connectivity index (χ1) is 8.88. The molecule has 114 valence electrons. The number of non-ortho nitro benzene ring substituents is 1. The second-order valence-corrected chi connectivity index (χ2v) is 5.80. The second-order valence-electron chi connectivity index (χ2n) is 4.06. The normalized spacial score (nSPS) is 10.9. The minimum atomic E-state index is -3.61. The Kier molecular flexibility index (Phi) is 7.66. The van der Waals surface area contributed by atoms with Gasteiger partial charge in [0, 0.05) is 18.7 Å². The molecule has 0 heterocycles. The van der Waals surface area contributed by atoms with E-state index in [-0.39, 0.29) is 23.0 Å². The molecule has 0 saturated carbocycles. The summed E-state index contributed by atoms with van der Waals surface area (Å²) >= 11 is 0. The van der Waals surface area contributed by atoms with Crippen LogP contribution in [0.1, 0.15) is 12.0 Å². The van der Waals surface area contributed by atoms with Crippen LogP contribution < -0.4 is 10.0 Å². The molecule has 20 heavy (non-hydrogen) atoms. The number of nitrogens with zero attached hydrogens (tertiary/aromatic N) is 1. The predicted octanol–water partition coefficient (Wildman–Crippen LogP) is 1.21. The first kappa shape index (κ1) is 18.8. The molecule has 0 unspecified atom stereocenters. The van der Waals surface area contributed by atoms with Crippen LogP contribution in [-0.2, 0) is 10.0 Å². The summed E-state index contributed by atoms with van der Waals surface area (Å²) in [5.41, 5.74) is 0.238. The number of aryl methyl sites for hydroxylation is 1. The Hall–Kier alpha value is -1.22. The highest BCUT2D eigenvalue weighted by Gasteiger charge is 2.18. The highest BCUT2D eigenvalue weighted by Crippen LogP contribution is 2.20. The molecular formula is C11H18ClN3O4S. The van der Waals surface area contributed by atoms with Crippen LogP contribution in [0.5, 0.6) is 0 Å². The van der Waals surface area contributed by atoms with Crippen molar-refractivity contribution in [2.75, 3.05) is 20.1 Å². The summed E-state index contributed by atoms with van der Waals surface area (Å²) in [4.78, 5) is 10.1. The van der Waals surface area contributed by atoms with Crippen molar-refractivity contribution in [1.82, 2.24) is 10.0 Å². The Labute approximate surface area is 124 Å². The fourth-order valence-corrected chi connectivity index (χ4v) is 2.90. The summed E-state index contributed by atoms with van der Waals surface area (Å²) in [5.74, 6) is 0. The number of halogens is 1. The van der Waals surface area contributed by atoms with E-state index >= 15 is 0 Å². The standard InChI is InChI=1S/C11H17N3O4S.ClH/c1-9-8-10(14(15)16)4-5-11(9)19(17,18)13-7-3-6-12-2;/h4-5,8,12-13H,3,6-7H2,1-2H3;1H.